The number of hydrogen-bond acceptors (Lipinski definition) is 2. The largest absolute Gasteiger partial charge is 0.381 e. The van der Waals surface area contributed by atoms with Crippen LogP contribution in [0.25, 0.3) is 55.6 Å². The zero-order valence-electron chi connectivity index (χ0n) is 84.0. The molecule has 136 heavy (non-hydrogen) atoms. The van der Waals surface area contributed by atoms with Crippen LogP contribution in [0, 0.1) is 55.4 Å². The quantitative estimate of drug-likeness (QED) is 0.0282. The van der Waals surface area contributed by atoms with Crippen molar-refractivity contribution >= 4 is 0 Å². The Morgan fingerprint density at radius 3 is 0.926 bits per heavy atom. The highest BCUT2D eigenvalue weighted by Crippen LogP contribution is 2.61. The molecule has 0 N–H and O–H groups in total. The van der Waals surface area contributed by atoms with E-state index in [1.165, 1.54) is 344 Å². The Bertz CT molecular complexity index is 6120. The van der Waals surface area contributed by atoms with Gasteiger partial charge in [-0.3, -0.25) is 0 Å². The van der Waals surface area contributed by atoms with Gasteiger partial charge < -0.3 is 9.47 Å². The van der Waals surface area contributed by atoms with E-state index in [-0.39, 0.29) is 29.1 Å². The Labute approximate surface area is 820 Å². The first-order valence-corrected chi connectivity index (χ1v) is 52.8. The lowest BCUT2D eigenvalue weighted by Crippen LogP contribution is -2.29. The molecule has 7 aliphatic rings. The molecule has 0 saturated carbocycles. The summed E-state index contributed by atoms with van der Waals surface area (Å²) in [4.78, 5) is 0. The Morgan fingerprint density at radius 1 is 0.250 bits per heavy atom. The zero-order chi connectivity index (χ0) is 93.6. The molecule has 0 bridgehead atoms. The zero-order valence-corrected chi connectivity index (χ0v) is 84.0. The van der Waals surface area contributed by atoms with Crippen LogP contribution >= 0.6 is 0 Å². The van der Waals surface area contributed by atoms with E-state index in [4.69, 9.17) is 9.47 Å². The molecule has 20 rings (SSSR count). The fourth-order valence-corrected chi connectivity index (χ4v) is 24.3. The molecule has 0 radical (unpaired) electrons. The van der Waals surface area contributed by atoms with Gasteiger partial charge in [-0.1, -0.05) is 411 Å². The Morgan fingerprint density at radius 2 is 0.559 bits per heavy atom. The minimum atomic E-state index is -0.0910. The summed E-state index contributed by atoms with van der Waals surface area (Å²) in [7, 11) is 0. The van der Waals surface area contributed by atoms with Gasteiger partial charge in [-0.15, -0.1) is 13.2 Å². The molecular formula is C134H156O2. The molecule has 13 aromatic carbocycles. The first kappa shape index (κ1) is 98.3. The van der Waals surface area contributed by atoms with Gasteiger partial charge in [0.2, 0.25) is 0 Å². The van der Waals surface area contributed by atoms with Gasteiger partial charge in [0.15, 0.2) is 0 Å². The van der Waals surface area contributed by atoms with Crippen molar-refractivity contribution in [3.8, 4) is 55.6 Å². The van der Waals surface area contributed by atoms with Crippen molar-refractivity contribution in [3.05, 3.63) is 424 Å². The minimum absolute atomic E-state index is 0. The average molecular weight is 1800 g/mol. The van der Waals surface area contributed by atoms with Gasteiger partial charge in [-0.25, -0.2) is 0 Å². The van der Waals surface area contributed by atoms with Crippen LogP contribution in [0.3, 0.4) is 0 Å². The van der Waals surface area contributed by atoms with E-state index < -0.39 is 0 Å². The van der Waals surface area contributed by atoms with E-state index >= 15 is 0 Å². The van der Waals surface area contributed by atoms with Crippen molar-refractivity contribution in [3.63, 3.8) is 0 Å². The van der Waals surface area contributed by atoms with E-state index in [2.05, 4.69) is 338 Å². The number of rotatable bonds is 39. The molecule has 7 aliphatic carbocycles. The van der Waals surface area contributed by atoms with Crippen molar-refractivity contribution in [1.29, 1.82) is 0 Å². The minimum Gasteiger partial charge on any atom is -0.381 e. The lowest BCUT2D eigenvalue weighted by atomic mass is 9.67. The number of benzene rings is 13. The summed E-state index contributed by atoms with van der Waals surface area (Å²) in [6.45, 7) is 35.5. The maximum atomic E-state index is 6.07. The normalized spacial score (nSPS) is 14.4. The van der Waals surface area contributed by atoms with Gasteiger partial charge in [0.25, 0.3) is 0 Å². The molecule has 0 heterocycles. The first-order chi connectivity index (χ1) is 65.9. The third kappa shape index (κ3) is 20.4. The number of aryl methyl sites for hydroxylation is 16. The molecule has 0 spiro atoms. The highest BCUT2D eigenvalue weighted by Gasteiger charge is 2.49. The van der Waals surface area contributed by atoms with Crippen LogP contribution in [0.1, 0.15) is 333 Å². The maximum absolute atomic E-state index is 6.07. The second kappa shape index (κ2) is 44.8. The standard InChI is InChI=1S/C40H46.C35H36.C29H38O2.C29H32.CH4/c1-4-5-6-8-11-31-16-21-35(22-17-31)40(25-10-7-9-12-32-15-18-33-19-20-34(33)28-32)38-26-29(2)13-23-36(38)37-24-14-30(3)27-39(37)40;1-4-5-6-7-19-35(30-10-8-9-27(23-30)29-16-14-26-13-15-28(26)22-29)33-20-24(2)11-17-31(33)32-18-12-25(3)21-34(32)35;1-5-7-9-17-30-19-15-29(16-20-31-18-10-8-6-2)27-21-23(3)11-13-25(27)26-14-12-24(4)22-28(26)29;1-4-5-6-7-16-29(24-13-12-22-10-11-23(22)19-24)27-17-20(2)8-14-25(27)26-15-9-21(3)18-28(26)29;/h13-18,21-24,26-28H,4-12,19-20,25H2,1-3H3;8-12,14,16-18,20-23H,4-7,13,15,19H2,1-3H3;5-6,11-14,21-22H,1-2,7-10,15-20H2,3-4H3;8-9,12-15,17-19H,4-7,10-11,16H2,1-3H3;1H4. The summed E-state index contributed by atoms with van der Waals surface area (Å²) in [5, 5.41) is 0. The summed E-state index contributed by atoms with van der Waals surface area (Å²) >= 11 is 0. The third-order valence-electron chi connectivity index (χ3n) is 32.0. The molecule has 13 aromatic rings. The highest BCUT2D eigenvalue weighted by atomic mass is 16.5. The lowest BCUT2D eigenvalue weighted by Gasteiger charge is -2.35. The number of allylic oxidation sites excluding steroid dienone is 2. The Kier molecular flexibility index (Phi) is 32.4. The summed E-state index contributed by atoms with van der Waals surface area (Å²) in [5.74, 6) is 0. The van der Waals surface area contributed by atoms with Gasteiger partial charge >= 0.3 is 0 Å². The van der Waals surface area contributed by atoms with Crippen LogP contribution in [-0.4, -0.2) is 26.4 Å². The fourth-order valence-electron chi connectivity index (χ4n) is 24.3. The van der Waals surface area contributed by atoms with Crippen LogP contribution < -0.4 is 0 Å². The molecule has 0 amide bonds. The number of fused-ring (bicyclic) bond motifs is 15. The molecule has 2 heteroatoms. The summed E-state index contributed by atoms with van der Waals surface area (Å²) in [6, 6.07) is 97.7. The number of hydrogen-bond donors (Lipinski definition) is 0. The summed E-state index contributed by atoms with van der Waals surface area (Å²) in [6.07, 6.45) is 42.8. The van der Waals surface area contributed by atoms with Crippen molar-refractivity contribution in [1.82, 2.24) is 0 Å². The second-order valence-electron chi connectivity index (χ2n) is 41.6. The number of ether oxygens (including phenoxy) is 2. The van der Waals surface area contributed by atoms with Gasteiger partial charge in [0, 0.05) is 48.1 Å². The summed E-state index contributed by atoms with van der Waals surface area (Å²) in [5.41, 5.74) is 53.5. The lowest BCUT2D eigenvalue weighted by molar-refractivity contribution is 0.0934. The second-order valence-corrected chi connectivity index (χ2v) is 41.6. The summed E-state index contributed by atoms with van der Waals surface area (Å²) < 4.78 is 12.1. The van der Waals surface area contributed by atoms with E-state index in [1.54, 1.807) is 22.3 Å². The van der Waals surface area contributed by atoms with E-state index in [0.717, 1.165) is 71.4 Å². The molecule has 0 aromatic heterocycles. The fraction of sp³-hybridized carbons (Fsp3) is 0.388. The molecule has 0 fully saturated rings. The van der Waals surface area contributed by atoms with Crippen LogP contribution in [0.4, 0.5) is 0 Å². The van der Waals surface area contributed by atoms with Gasteiger partial charge in [-0.2, -0.15) is 0 Å². The smallest absolute Gasteiger partial charge is 0.0477 e. The molecule has 0 saturated heterocycles. The van der Waals surface area contributed by atoms with Crippen LogP contribution in [0.15, 0.2) is 274 Å². The van der Waals surface area contributed by atoms with Gasteiger partial charge in [-0.05, 0) is 345 Å². The Hall–Kier alpha value is -10.7. The molecule has 0 aliphatic heterocycles. The van der Waals surface area contributed by atoms with Gasteiger partial charge in [0.1, 0.15) is 0 Å². The van der Waals surface area contributed by atoms with Crippen LogP contribution in [-0.2, 0) is 82.5 Å². The number of unbranched alkanes of at least 4 members (excludes halogenated alkanes) is 13. The SMILES string of the molecule is C.C=CCCCOCCC1(CCOCCCC=C)c2cc(C)ccc2-c2ccc(C)cc21.CCCCCCC1(c2ccc3c(c2)CC3)c2cc(C)ccc2-c2ccc(C)cc21.CCCCCCC1(c2cccc(-c3ccc4c(c3)CC4)c2)c2cc(C)ccc2-c2ccc(C)cc21.CCCCCCc1ccc(C2(CCCCCc3ccc4c(c3)CC4)c3cc(C)ccc3-c3ccc(C)cc32)cc1. The molecule has 0 unspecified atom stereocenters. The first-order valence-electron chi connectivity index (χ1n) is 52.8. The van der Waals surface area contributed by atoms with E-state index in [1.807, 2.05) is 12.2 Å². The predicted octanol–water partition coefficient (Wildman–Crippen LogP) is 35.6. The molecule has 0 atom stereocenters. The van der Waals surface area contributed by atoms with Crippen molar-refractivity contribution < 1.29 is 9.47 Å². The van der Waals surface area contributed by atoms with Crippen molar-refractivity contribution in [2.24, 2.45) is 0 Å². The van der Waals surface area contributed by atoms with E-state index in [0.29, 0.717) is 0 Å². The topological polar surface area (TPSA) is 18.5 Å². The maximum Gasteiger partial charge on any atom is 0.0477 e. The Balaban J connectivity index is 0.000000132. The molecular weight excluding hydrogens is 1640 g/mol. The molecule has 704 valence electrons. The van der Waals surface area contributed by atoms with E-state index in [9.17, 15) is 0 Å². The highest BCUT2D eigenvalue weighted by molar-refractivity contribution is 5.88. The molecule has 2 nitrogen and oxygen atoms in total. The third-order valence-corrected chi connectivity index (χ3v) is 32.0. The van der Waals surface area contributed by atoms with Crippen molar-refractivity contribution in [2.45, 2.75) is 311 Å². The van der Waals surface area contributed by atoms with Gasteiger partial charge in [0.05, 0.1) is 0 Å². The van der Waals surface area contributed by atoms with Crippen molar-refractivity contribution in [2.75, 3.05) is 26.4 Å². The monoisotopic (exact) mass is 1800 g/mol. The van der Waals surface area contributed by atoms with Crippen LogP contribution in [0.2, 0.25) is 0 Å². The van der Waals surface area contributed by atoms with Crippen LogP contribution in [0.5, 0.6) is 0 Å². The predicted molar refractivity (Wildman–Crippen MR) is 583 cm³/mol. The average Bonchev–Trinajstić information content (AvgIpc) is 1.55.